The number of halogens is 2. The van der Waals surface area contributed by atoms with Crippen LogP contribution in [0.3, 0.4) is 0 Å². The second kappa shape index (κ2) is 7.30. The number of ether oxygens (including phenoxy) is 1. The fourth-order valence-corrected chi connectivity index (χ4v) is 2.24. The second-order valence-corrected chi connectivity index (χ2v) is 5.74. The first-order valence-electron chi connectivity index (χ1n) is 5.97. The Morgan fingerprint density at radius 2 is 2.00 bits per heavy atom. The summed E-state index contributed by atoms with van der Waals surface area (Å²) in [4.78, 5) is 10.8. The number of sulfonamides is 1. The minimum absolute atomic E-state index is 0.211. The monoisotopic (exact) mass is 307 g/mol. The molecule has 0 aromatic heterocycles. The Balaban J connectivity index is 2.61. The zero-order chi connectivity index (χ0) is 15.2. The molecule has 0 atom stereocenters. The van der Waals surface area contributed by atoms with E-state index in [1.54, 1.807) is 0 Å². The van der Waals surface area contributed by atoms with E-state index in [-0.39, 0.29) is 6.61 Å². The van der Waals surface area contributed by atoms with Crippen LogP contribution in [-0.4, -0.2) is 27.5 Å². The van der Waals surface area contributed by atoms with Gasteiger partial charge in [-0.25, -0.2) is 17.2 Å². The molecule has 1 aromatic rings. The van der Waals surface area contributed by atoms with E-state index in [0.717, 1.165) is 12.5 Å². The van der Waals surface area contributed by atoms with E-state index >= 15 is 0 Å². The highest BCUT2D eigenvalue weighted by atomic mass is 32.2. The topological polar surface area (TPSA) is 72.5 Å². The molecule has 0 saturated heterocycles. The molecular weight excluding hydrogens is 292 g/mol. The molecular formula is C12H15F2NO4S. The standard InChI is InChI=1S/C12H15F2NO4S/c1-2-3-6-19-12(16)8-15-20(17,18)9-4-5-10(13)11(14)7-9/h4-5,7,15H,2-3,6,8H2,1H3. The first-order valence-corrected chi connectivity index (χ1v) is 7.45. The number of esters is 1. The van der Waals surface area contributed by atoms with Gasteiger partial charge in [-0.2, -0.15) is 4.72 Å². The first-order chi connectivity index (χ1) is 9.36. The highest BCUT2D eigenvalue weighted by molar-refractivity contribution is 7.89. The van der Waals surface area contributed by atoms with Gasteiger partial charge in [0.15, 0.2) is 11.6 Å². The normalized spacial score (nSPS) is 11.3. The number of hydrogen-bond acceptors (Lipinski definition) is 4. The summed E-state index contributed by atoms with van der Waals surface area (Å²) in [7, 11) is -4.08. The number of carbonyl (C=O) groups is 1. The van der Waals surface area contributed by atoms with Crippen LogP contribution in [0.4, 0.5) is 8.78 Å². The molecule has 0 aliphatic rings. The lowest BCUT2D eigenvalue weighted by molar-refractivity contribution is -0.142. The summed E-state index contributed by atoms with van der Waals surface area (Å²) in [5.74, 6) is -3.16. The van der Waals surface area contributed by atoms with Gasteiger partial charge >= 0.3 is 5.97 Å². The van der Waals surface area contributed by atoms with Crippen LogP contribution in [-0.2, 0) is 19.6 Å². The molecule has 0 aliphatic heterocycles. The van der Waals surface area contributed by atoms with E-state index in [9.17, 15) is 22.0 Å². The van der Waals surface area contributed by atoms with Crippen molar-refractivity contribution in [1.29, 1.82) is 0 Å². The lowest BCUT2D eigenvalue weighted by atomic mass is 10.3. The third-order valence-electron chi connectivity index (χ3n) is 2.37. The van der Waals surface area contributed by atoms with Gasteiger partial charge < -0.3 is 4.74 Å². The summed E-state index contributed by atoms with van der Waals surface area (Å²) in [5, 5.41) is 0. The Bertz CT molecular complexity index is 575. The van der Waals surface area contributed by atoms with Gasteiger partial charge in [-0.3, -0.25) is 4.79 Å². The fourth-order valence-electron chi connectivity index (χ4n) is 1.26. The molecule has 20 heavy (non-hydrogen) atoms. The number of benzene rings is 1. The van der Waals surface area contributed by atoms with Crippen molar-refractivity contribution in [3.63, 3.8) is 0 Å². The summed E-state index contributed by atoms with van der Waals surface area (Å²) in [6.07, 6.45) is 1.52. The summed E-state index contributed by atoms with van der Waals surface area (Å²) >= 11 is 0. The molecule has 1 aromatic carbocycles. The predicted octanol–water partition coefficient (Wildman–Crippen LogP) is 1.59. The van der Waals surface area contributed by atoms with Crippen molar-refractivity contribution in [2.75, 3.05) is 13.2 Å². The Morgan fingerprint density at radius 3 is 2.60 bits per heavy atom. The summed E-state index contributed by atoms with van der Waals surface area (Å²) in [6, 6.07) is 2.15. The lowest BCUT2D eigenvalue weighted by Crippen LogP contribution is -2.31. The molecule has 112 valence electrons. The van der Waals surface area contributed by atoms with Crippen molar-refractivity contribution < 1.29 is 26.7 Å². The Labute approximate surface area is 116 Å². The summed E-state index contributed by atoms with van der Waals surface area (Å²) in [6.45, 7) is 1.56. The SMILES string of the molecule is CCCCOC(=O)CNS(=O)(=O)c1ccc(F)c(F)c1. The second-order valence-electron chi connectivity index (χ2n) is 3.97. The van der Waals surface area contributed by atoms with Crippen LogP contribution in [0.5, 0.6) is 0 Å². The van der Waals surface area contributed by atoms with E-state index in [0.29, 0.717) is 18.6 Å². The van der Waals surface area contributed by atoms with Gasteiger partial charge in [-0.05, 0) is 24.6 Å². The van der Waals surface area contributed by atoms with Crippen LogP contribution >= 0.6 is 0 Å². The number of rotatable bonds is 7. The minimum Gasteiger partial charge on any atom is -0.465 e. The highest BCUT2D eigenvalue weighted by Crippen LogP contribution is 2.13. The maximum absolute atomic E-state index is 13.0. The van der Waals surface area contributed by atoms with Gasteiger partial charge in [0.1, 0.15) is 6.54 Å². The van der Waals surface area contributed by atoms with Crippen LogP contribution in [0, 0.1) is 11.6 Å². The smallest absolute Gasteiger partial charge is 0.321 e. The summed E-state index contributed by atoms with van der Waals surface area (Å²) < 4.78 is 55.8. The maximum atomic E-state index is 13.0. The minimum atomic E-state index is -4.08. The first kappa shape index (κ1) is 16.5. The van der Waals surface area contributed by atoms with Crippen LogP contribution in [0.1, 0.15) is 19.8 Å². The van der Waals surface area contributed by atoms with Crippen molar-refractivity contribution in [3.8, 4) is 0 Å². The third-order valence-corrected chi connectivity index (χ3v) is 3.77. The molecule has 0 radical (unpaired) electrons. The van der Waals surface area contributed by atoms with Crippen molar-refractivity contribution in [1.82, 2.24) is 4.72 Å². The summed E-state index contributed by atoms with van der Waals surface area (Å²) in [5.41, 5.74) is 0. The van der Waals surface area contributed by atoms with Crippen LogP contribution in [0.2, 0.25) is 0 Å². The lowest BCUT2D eigenvalue weighted by Gasteiger charge is -2.07. The third kappa shape index (κ3) is 4.86. The molecule has 0 saturated carbocycles. The van der Waals surface area contributed by atoms with E-state index in [4.69, 9.17) is 4.74 Å². The molecule has 0 aliphatic carbocycles. The zero-order valence-corrected chi connectivity index (χ0v) is 11.7. The van der Waals surface area contributed by atoms with Crippen molar-refractivity contribution in [3.05, 3.63) is 29.8 Å². The quantitative estimate of drug-likeness (QED) is 0.613. The van der Waals surface area contributed by atoms with E-state index in [1.807, 2.05) is 11.6 Å². The predicted molar refractivity (Wildman–Crippen MR) is 67.4 cm³/mol. The number of nitrogens with one attached hydrogen (secondary N) is 1. The Hall–Kier alpha value is -1.54. The Morgan fingerprint density at radius 1 is 1.30 bits per heavy atom. The number of carbonyl (C=O) groups excluding carboxylic acids is 1. The van der Waals surface area contributed by atoms with Gasteiger partial charge in [0.25, 0.3) is 0 Å². The molecule has 0 fully saturated rings. The largest absolute Gasteiger partial charge is 0.465 e. The zero-order valence-electron chi connectivity index (χ0n) is 10.9. The average molecular weight is 307 g/mol. The van der Waals surface area contributed by atoms with Crippen molar-refractivity contribution >= 4 is 16.0 Å². The van der Waals surface area contributed by atoms with Gasteiger partial charge in [0.2, 0.25) is 10.0 Å². The molecule has 0 heterocycles. The van der Waals surface area contributed by atoms with E-state index < -0.39 is 39.1 Å². The van der Waals surface area contributed by atoms with Gasteiger partial charge in [0.05, 0.1) is 11.5 Å². The number of unbranched alkanes of at least 4 members (excludes halogenated alkanes) is 1. The van der Waals surface area contributed by atoms with Gasteiger partial charge in [-0.15, -0.1) is 0 Å². The molecule has 0 bridgehead atoms. The maximum Gasteiger partial charge on any atom is 0.321 e. The molecule has 0 spiro atoms. The molecule has 0 unspecified atom stereocenters. The molecule has 1 N–H and O–H groups in total. The fraction of sp³-hybridized carbons (Fsp3) is 0.417. The average Bonchev–Trinajstić information content (AvgIpc) is 2.40. The molecule has 0 amide bonds. The molecule has 8 heteroatoms. The van der Waals surface area contributed by atoms with Crippen LogP contribution in [0.15, 0.2) is 23.1 Å². The van der Waals surface area contributed by atoms with Crippen LogP contribution in [0.25, 0.3) is 0 Å². The van der Waals surface area contributed by atoms with Gasteiger partial charge in [0, 0.05) is 0 Å². The molecule has 1 rings (SSSR count). The highest BCUT2D eigenvalue weighted by Gasteiger charge is 2.17. The van der Waals surface area contributed by atoms with E-state index in [1.165, 1.54) is 0 Å². The van der Waals surface area contributed by atoms with Crippen molar-refractivity contribution in [2.24, 2.45) is 0 Å². The van der Waals surface area contributed by atoms with E-state index in [2.05, 4.69) is 0 Å². The number of hydrogen-bond donors (Lipinski definition) is 1. The van der Waals surface area contributed by atoms with Gasteiger partial charge in [-0.1, -0.05) is 13.3 Å². The molecule has 5 nitrogen and oxygen atoms in total. The Kier molecular flexibility index (Phi) is 6.03. The van der Waals surface area contributed by atoms with Crippen molar-refractivity contribution in [2.45, 2.75) is 24.7 Å². The van der Waals surface area contributed by atoms with Crippen LogP contribution < -0.4 is 4.72 Å².